The highest BCUT2D eigenvalue weighted by Gasteiger charge is 2.22. The number of fused-ring (bicyclic) bond motifs is 20. The van der Waals surface area contributed by atoms with Gasteiger partial charge in [0.05, 0.1) is 44.1 Å². The molecule has 0 amide bonds. The Bertz CT molecular complexity index is 8050. The summed E-state index contributed by atoms with van der Waals surface area (Å²) in [5, 5.41) is 20.0. The molecule has 0 unspecified atom stereocenters. The summed E-state index contributed by atoms with van der Waals surface area (Å²) in [5.41, 5.74) is 26.1. The van der Waals surface area contributed by atoms with Crippen molar-refractivity contribution in [1.29, 1.82) is 0 Å². The Morgan fingerprint density at radius 2 is 0.509 bits per heavy atom. The second kappa shape index (κ2) is 23.8. The quantitative estimate of drug-likeness (QED) is 0.137. The first kappa shape index (κ1) is 61.3. The first-order chi connectivity index (χ1) is 54.5. The summed E-state index contributed by atoms with van der Waals surface area (Å²) in [5.74, 6) is 0. The number of hydrogen-bond donors (Lipinski definition) is 0. The van der Waals surface area contributed by atoms with E-state index >= 15 is 0 Å². The number of hydrogen-bond acceptors (Lipinski definition) is 2. The Kier molecular flexibility index (Phi) is 13.3. The van der Waals surface area contributed by atoms with Crippen LogP contribution >= 0.6 is 22.7 Å². The summed E-state index contributed by atoms with van der Waals surface area (Å²) in [6, 6.07) is 141. The molecule has 0 saturated carbocycles. The molecule has 0 bridgehead atoms. The van der Waals surface area contributed by atoms with Crippen LogP contribution in [-0.2, 0) is 0 Å². The molecule has 24 rings (SSSR count). The molecule has 0 aliphatic carbocycles. The number of nitrogens with zero attached hydrogens (tertiary/aromatic N) is 4. The van der Waals surface area contributed by atoms with Crippen LogP contribution in [0.15, 0.2) is 376 Å². The molecule has 110 heavy (non-hydrogen) atoms. The fourth-order valence-electron chi connectivity index (χ4n) is 18.4. The highest BCUT2D eigenvalue weighted by Crippen LogP contribution is 2.46. The zero-order valence-electron chi connectivity index (χ0n) is 59.4. The van der Waals surface area contributed by atoms with Gasteiger partial charge in [-0.15, -0.1) is 22.7 Å². The predicted molar refractivity (Wildman–Crippen MR) is 472 cm³/mol. The highest BCUT2D eigenvalue weighted by atomic mass is 32.1. The van der Waals surface area contributed by atoms with Crippen LogP contribution in [0.2, 0.25) is 0 Å². The van der Waals surface area contributed by atoms with Crippen LogP contribution in [0.5, 0.6) is 0 Å². The van der Waals surface area contributed by atoms with Gasteiger partial charge in [0.15, 0.2) is 0 Å². The van der Waals surface area contributed by atoms with Crippen LogP contribution in [0.4, 0.5) is 0 Å². The Morgan fingerprint density at radius 1 is 0.145 bits per heavy atom. The van der Waals surface area contributed by atoms with Crippen molar-refractivity contribution in [2.24, 2.45) is 0 Å². The minimum Gasteiger partial charge on any atom is -0.309 e. The van der Waals surface area contributed by atoms with Gasteiger partial charge >= 0.3 is 0 Å². The first-order valence-corrected chi connectivity index (χ1v) is 39.4. The van der Waals surface area contributed by atoms with E-state index in [9.17, 15) is 0 Å². The van der Waals surface area contributed by atoms with Crippen LogP contribution in [0.1, 0.15) is 0 Å². The lowest BCUT2D eigenvalue weighted by atomic mass is 9.94. The molecule has 0 fully saturated rings. The molecular formula is C104H62N4S2. The lowest BCUT2D eigenvalue weighted by Gasteiger charge is -2.15. The van der Waals surface area contributed by atoms with Gasteiger partial charge in [0.1, 0.15) is 0 Å². The van der Waals surface area contributed by atoms with Gasteiger partial charge < -0.3 is 18.3 Å². The van der Waals surface area contributed by atoms with Crippen LogP contribution in [0, 0.1) is 0 Å². The van der Waals surface area contributed by atoms with E-state index < -0.39 is 0 Å². The molecule has 0 spiro atoms. The average molecular weight is 1430 g/mol. The molecule has 0 aliphatic rings. The second-order valence-electron chi connectivity index (χ2n) is 29.5. The van der Waals surface area contributed by atoms with Crippen LogP contribution < -0.4 is 0 Å². The van der Waals surface area contributed by atoms with Crippen molar-refractivity contribution in [3.8, 4) is 78.4 Å². The second-order valence-corrected chi connectivity index (χ2v) is 31.7. The minimum absolute atomic E-state index is 1.13. The van der Waals surface area contributed by atoms with Crippen molar-refractivity contribution < 1.29 is 0 Å². The van der Waals surface area contributed by atoms with Gasteiger partial charge in [-0.25, -0.2) is 0 Å². The van der Waals surface area contributed by atoms with Crippen molar-refractivity contribution in [2.45, 2.75) is 0 Å². The van der Waals surface area contributed by atoms with E-state index in [1.807, 2.05) is 22.7 Å². The van der Waals surface area contributed by atoms with E-state index in [-0.39, 0.29) is 0 Å². The predicted octanol–water partition coefficient (Wildman–Crippen LogP) is 29.5. The monoisotopic (exact) mass is 1430 g/mol. The molecule has 6 aromatic heterocycles. The first-order valence-electron chi connectivity index (χ1n) is 37.7. The average Bonchev–Trinajstić information content (AvgIpc) is 1.58. The molecule has 510 valence electrons. The molecule has 4 nitrogen and oxygen atoms in total. The summed E-state index contributed by atoms with van der Waals surface area (Å²) in [7, 11) is 0. The lowest BCUT2D eigenvalue weighted by Crippen LogP contribution is -1.96. The molecule has 0 N–H and O–H groups in total. The van der Waals surface area contributed by atoms with E-state index in [1.165, 1.54) is 210 Å². The Hall–Kier alpha value is -13.9. The van der Waals surface area contributed by atoms with E-state index in [1.54, 1.807) is 0 Å². The maximum atomic E-state index is 2.48. The maximum absolute atomic E-state index is 2.48. The van der Waals surface area contributed by atoms with Crippen molar-refractivity contribution in [1.82, 2.24) is 18.3 Å². The highest BCUT2D eigenvalue weighted by molar-refractivity contribution is 7.26. The third-order valence-corrected chi connectivity index (χ3v) is 25.8. The van der Waals surface area contributed by atoms with Gasteiger partial charge in [-0.1, -0.05) is 218 Å². The largest absolute Gasteiger partial charge is 0.309 e. The summed E-state index contributed by atoms with van der Waals surface area (Å²) in [6.45, 7) is 0. The third kappa shape index (κ3) is 9.37. The van der Waals surface area contributed by atoms with Crippen LogP contribution in [0.3, 0.4) is 0 Å². The van der Waals surface area contributed by atoms with E-state index in [4.69, 9.17) is 0 Å². The maximum Gasteiger partial charge on any atom is 0.0541 e. The molecule has 0 aliphatic heterocycles. The topological polar surface area (TPSA) is 19.7 Å². The summed E-state index contributed by atoms with van der Waals surface area (Å²) >= 11 is 3.74. The van der Waals surface area contributed by atoms with E-state index in [0.717, 1.165) is 17.1 Å². The fraction of sp³-hybridized carbons (Fsp3) is 0. The van der Waals surface area contributed by atoms with Crippen molar-refractivity contribution in [3.63, 3.8) is 0 Å². The molecular weight excluding hydrogens is 1370 g/mol. The summed E-state index contributed by atoms with van der Waals surface area (Å²) in [4.78, 5) is 0. The summed E-state index contributed by atoms with van der Waals surface area (Å²) in [6.07, 6.45) is 0. The van der Waals surface area contributed by atoms with Gasteiger partial charge in [-0.3, -0.25) is 0 Å². The standard InChI is InChI=1S/C104H62N4S2/c1-2-17-65-52-67(33-32-63(65)16-1)64-34-41-75(42-35-64)105-93-27-10-5-22-80(93)87-55-68(37-46-97(87)105)69-38-48-99-89(56-69)82-24-7-12-29-95(82)107(99)77-44-51-103-92(61-77)85-45-36-72(59-104(85)110-103)66-19-15-20-73(53-66)86-62-78(54-74-18-3-4-21-79(74)86)108-96-30-13-8-25-83(96)90-58-71(40-49-100(90)108)70-39-47-98-88(57-70)81-23-6-11-28-94(81)106(98)76-43-50-102-91(60-76)84-26-9-14-31-101(84)109-102/h1-62H. The zero-order chi connectivity index (χ0) is 71.8. The molecule has 0 saturated heterocycles. The smallest absolute Gasteiger partial charge is 0.0541 e. The van der Waals surface area contributed by atoms with Gasteiger partial charge in [0.2, 0.25) is 0 Å². The Labute approximate surface area is 639 Å². The van der Waals surface area contributed by atoms with E-state index in [2.05, 4.69) is 394 Å². The molecule has 6 heteroatoms. The SMILES string of the molecule is c1cc(-c2ccc3c(c2)sc2ccc(-n4c5ccccc5c5cc(-c6ccc7c(c6)c6ccccc6n7-c6ccc(-c7ccc8ccccc8c7)cc6)ccc54)cc23)cc(-c2cc(-n3c4ccccc4c4cc(-c5ccc6c(c5)c5ccccc5n6-c5ccc6sc7ccccc7c6c5)ccc43)cc3ccccc23)c1. The molecule has 24 aromatic rings. The Balaban J connectivity index is 0.550. The molecule has 6 heterocycles. The van der Waals surface area contributed by atoms with Gasteiger partial charge in [0, 0.05) is 106 Å². The number of rotatable bonds is 9. The van der Waals surface area contributed by atoms with Crippen molar-refractivity contribution in [2.75, 3.05) is 0 Å². The lowest BCUT2D eigenvalue weighted by molar-refractivity contribution is 1.18. The summed E-state index contributed by atoms with van der Waals surface area (Å²) < 4.78 is 15.0. The molecule has 0 atom stereocenters. The van der Waals surface area contributed by atoms with Crippen LogP contribution in [0.25, 0.3) is 227 Å². The van der Waals surface area contributed by atoms with Crippen LogP contribution in [-0.4, -0.2) is 18.3 Å². The van der Waals surface area contributed by atoms with Gasteiger partial charge in [-0.05, 0) is 235 Å². The number of thiophene rings is 2. The van der Waals surface area contributed by atoms with Gasteiger partial charge in [0.25, 0.3) is 0 Å². The Morgan fingerprint density at radius 3 is 1.06 bits per heavy atom. The normalized spacial score (nSPS) is 12.2. The number of aromatic nitrogens is 4. The van der Waals surface area contributed by atoms with E-state index in [0.29, 0.717) is 0 Å². The van der Waals surface area contributed by atoms with Crippen molar-refractivity contribution >= 4 is 172 Å². The van der Waals surface area contributed by atoms with Crippen molar-refractivity contribution in [3.05, 3.63) is 376 Å². The molecule has 18 aromatic carbocycles. The minimum atomic E-state index is 1.13. The molecule has 0 radical (unpaired) electrons. The third-order valence-electron chi connectivity index (χ3n) is 23.5. The number of para-hydroxylation sites is 4. The zero-order valence-corrected chi connectivity index (χ0v) is 61.0. The van der Waals surface area contributed by atoms with Gasteiger partial charge in [-0.2, -0.15) is 0 Å². The fourth-order valence-corrected chi connectivity index (χ4v) is 20.6. The number of benzene rings is 18.